The molecule has 4 heteroatoms. The van der Waals surface area contributed by atoms with E-state index >= 15 is 0 Å². The first-order chi connectivity index (χ1) is 8.07. The zero-order valence-electron chi connectivity index (χ0n) is 9.46. The SMILES string of the molecule is NC1(Cc2ccc(F)cc2Cl)CC2CCC1O2. The molecule has 0 radical (unpaired) electrons. The van der Waals surface area contributed by atoms with Gasteiger partial charge in [0.15, 0.2) is 0 Å². The molecule has 3 atom stereocenters. The topological polar surface area (TPSA) is 35.2 Å². The van der Waals surface area contributed by atoms with Crippen molar-refractivity contribution in [2.75, 3.05) is 0 Å². The lowest BCUT2D eigenvalue weighted by atomic mass is 9.78. The van der Waals surface area contributed by atoms with Crippen molar-refractivity contribution in [1.29, 1.82) is 0 Å². The van der Waals surface area contributed by atoms with Gasteiger partial charge in [-0.2, -0.15) is 0 Å². The van der Waals surface area contributed by atoms with Crippen LogP contribution >= 0.6 is 11.6 Å². The maximum Gasteiger partial charge on any atom is 0.124 e. The van der Waals surface area contributed by atoms with Crippen molar-refractivity contribution in [3.8, 4) is 0 Å². The van der Waals surface area contributed by atoms with Crippen LogP contribution in [-0.2, 0) is 11.2 Å². The number of ether oxygens (including phenoxy) is 1. The first kappa shape index (κ1) is 11.5. The van der Waals surface area contributed by atoms with Gasteiger partial charge in [-0.3, -0.25) is 0 Å². The standard InChI is InChI=1S/C13H15ClFNO/c14-11-5-9(15)2-1-8(11)6-13(16)7-10-3-4-12(13)17-10/h1-2,5,10,12H,3-4,6-7,16H2. The third-order valence-corrected chi connectivity index (χ3v) is 4.24. The maximum absolute atomic E-state index is 13.0. The number of nitrogens with two attached hydrogens (primary N) is 1. The molecule has 2 fully saturated rings. The predicted molar refractivity (Wildman–Crippen MR) is 64.5 cm³/mol. The Morgan fingerprint density at radius 2 is 2.29 bits per heavy atom. The molecule has 17 heavy (non-hydrogen) atoms. The molecule has 0 amide bonds. The van der Waals surface area contributed by atoms with Crippen LogP contribution < -0.4 is 5.73 Å². The summed E-state index contributed by atoms with van der Waals surface area (Å²) in [7, 11) is 0. The average molecular weight is 256 g/mol. The van der Waals surface area contributed by atoms with Crippen molar-refractivity contribution in [2.45, 2.75) is 43.4 Å². The van der Waals surface area contributed by atoms with Crippen LogP contribution in [0, 0.1) is 5.82 Å². The van der Waals surface area contributed by atoms with Gasteiger partial charge in [0.2, 0.25) is 0 Å². The molecule has 0 aliphatic carbocycles. The molecule has 2 bridgehead atoms. The molecular weight excluding hydrogens is 241 g/mol. The number of halogens is 2. The zero-order chi connectivity index (χ0) is 12.0. The Bertz CT molecular complexity index is 453. The number of rotatable bonds is 2. The van der Waals surface area contributed by atoms with Crippen LogP contribution in [-0.4, -0.2) is 17.7 Å². The van der Waals surface area contributed by atoms with E-state index in [1.807, 2.05) is 0 Å². The summed E-state index contributed by atoms with van der Waals surface area (Å²) in [6.45, 7) is 0. The minimum Gasteiger partial charge on any atom is -0.373 e. The van der Waals surface area contributed by atoms with Crippen LogP contribution in [0.15, 0.2) is 18.2 Å². The summed E-state index contributed by atoms with van der Waals surface area (Å²) >= 11 is 6.04. The van der Waals surface area contributed by atoms with E-state index < -0.39 is 0 Å². The van der Waals surface area contributed by atoms with Crippen LogP contribution in [0.2, 0.25) is 5.02 Å². The molecule has 1 aromatic carbocycles. The van der Waals surface area contributed by atoms with Gasteiger partial charge in [0.1, 0.15) is 5.82 Å². The summed E-state index contributed by atoms with van der Waals surface area (Å²) in [6, 6.07) is 4.49. The molecule has 2 nitrogen and oxygen atoms in total. The van der Waals surface area contributed by atoms with Crippen LogP contribution in [0.3, 0.4) is 0 Å². The molecule has 3 unspecified atom stereocenters. The minimum atomic E-state index is -0.329. The molecule has 1 aromatic rings. The van der Waals surface area contributed by atoms with Gasteiger partial charge in [-0.05, 0) is 43.4 Å². The van der Waals surface area contributed by atoms with E-state index in [4.69, 9.17) is 22.1 Å². The van der Waals surface area contributed by atoms with E-state index in [0.29, 0.717) is 17.5 Å². The lowest BCUT2D eigenvalue weighted by Crippen LogP contribution is -2.50. The normalized spacial score (nSPS) is 35.5. The smallest absolute Gasteiger partial charge is 0.124 e. The number of hydrogen-bond acceptors (Lipinski definition) is 2. The fraction of sp³-hybridized carbons (Fsp3) is 0.538. The largest absolute Gasteiger partial charge is 0.373 e. The maximum atomic E-state index is 13.0. The summed E-state index contributed by atoms with van der Waals surface area (Å²) in [5.74, 6) is -0.311. The third kappa shape index (κ3) is 1.96. The second kappa shape index (κ2) is 3.94. The van der Waals surface area contributed by atoms with Gasteiger partial charge >= 0.3 is 0 Å². The quantitative estimate of drug-likeness (QED) is 0.882. The van der Waals surface area contributed by atoms with E-state index in [9.17, 15) is 4.39 Å². The van der Waals surface area contributed by atoms with E-state index in [1.54, 1.807) is 6.07 Å². The molecule has 0 saturated carbocycles. The Balaban J connectivity index is 1.83. The third-order valence-electron chi connectivity index (χ3n) is 3.89. The summed E-state index contributed by atoms with van der Waals surface area (Å²) in [5, 5.41) is 0.456. The Hall–Kier alpha value is -0.640. The van der Waals surface area contributed by atoms with Crippen molar-refractivity contribution in [2.24, 2.45) is 5.73 Å². The zero-order valence-corrected chi connectivity index (χ0v) is 10.2. The lowest BCUT2D eigenvalue weighted by molar-refractivity contribution is 0.0856. The summed E-state index contributed by atoms with van der Waals surface area (Å²) < 4.78 is 18.7. The highest BCUT2D eigenvalue weighted by Gasteiger charge is 2.49. The molecular formula is C13H15ClFNO. The van der Waals surface area contributed by atoms with Gasteiger partial charge in [0.05, 0.1) is 12.2 Å². The van der Waals surface area contributed by atoms with Gasteiger partial charge in [-0.15, -0.1) is 0 Å². The fourth-order valence-corrected chi connectivity index (χ4v) is 3.27. The van der Waals surface area contributed by atoms with Gasteiger partial charge in [0, 0.05) is 10.6 Å². The van der Waals surface area contributed by atoms with Gasteiger partial charge in [0.25, 0.3) is 0 Å². The Kier molecular flexibility index (Phi) is 2.65. The van der Waals surface area contributed by atoms with Gasteiger partial charge in [-0.1, -0.05) is 17.7 Å². The highest BCUT2D eigenvalue weighted by molar-refractivity contribution is 6.31. The molecule has 92 valence electrons. The van der Waals surface area contributed by atoms with Crippen LogP contribution in [0.4, 0.5) is 4.39 Å². The highest BCUT2D eigenvalue weighted by Crippen LogP contribution is 2.42. The Morgan fingerprint density at radius 1 is 1.47 bits per heavy atom. The molecule has 0 aromatic heterocycles. The van der Waals surface area contributed by atoms with Crippen molar-refractivity contribution < 1.29 is 9.13 Å². The Morgan fingerprint density at radius 3 is 2.88 bits per heavy atom. The molecule has 0 spiro atoms. The molecule has 2 N–H and O–H groups in total. The molecule has 3 rings (SSSR count). The average Bonchev–Trinajstić information content (AvgIpc) is 2.82. The molecule has 2 aliphatic rings. The monoisotopic (exact) mass is 255 g/mol. The predicted octanol–water partition coefficient (Wildman–Crippen LogP) is 2.67. The lowest BCUT2D eigenvalue weighted by Gasteiger charge is -2.31. The van der Waals surface area contributed by atoms with Crippen LogP contribution in [0.1, 0.15) is 24.8 Å². The fourth-order valence-electron chi connectivity index (χ4n) is 3.04. The van der Waals surface area contributed by atoms with Crippen LogP contribution in [0.25, 0.3) is 0 Å². The molecule has 2 saturated heterocycles. The van der Waals surface area contributed by atoms with E-state index in [1.165, 1.54) is 12.1 Å². The summed E-state index contributed by atoms with van der Waals surface area (Å²) in [4.78, 5) is 0. The molecule has 2 heterocycles. The number of benzene rings is 1. The van der Waals surface area contributed by atoms with E-state index in [0.717, 1.165) is 24.8 Å². The number of hydrogen-bond donors (Lipinski definition) is 1. The summed E-state index contributed by atoms with van der Waals surface area (Å²) in [5.41, 5.74) is 6.99. The Labute approximate surface area is 105 Å². The van der Waals surface area contributed by atoms with E-state index in [2.05, 4.69) is 0 Å². The second-order valence-corrected chi connectivity index (χ2v) is 5.58. The van der Waals surface area contributed by atoms with Crippen molar-refractivity contribution >= 4 is 11.6 Å². The van der Waals surface area contributed by atoms with E-state index in [-0.39, 0.29) is 17.5 Å². The minimum absolute atomic E-state index is 0.133. The van der Waals surface area contributed by atoms with Gasteiger partial charge in [-0.25, -0.2) is 4.39 Å². The highest BCUT2D eigenvalue weighted by atomic mass is 35.5. The van der Waals surface area contributed by atoms with Crippen molar-refractivity contribution in [1.82, 2.24) is 0 Å². The van der Waals surface area contributed by atoms with Crippen molar-refractivity contribution in [3.05, 3.63) is 34.6 Å². The second-order valence-electron chi connectivity index (χ2n) is 5.17. The van der Waals surface area contributed by atoms with Crippen molar-refractivity contribution in [3.63, 3.8) is 0 Å². The first-order valence-electron chi connectivity index (χ1n) is 5.95. The molecule has 2 aliphatic heterocycles. The van der Waals surface area contributed by atoms with Crippen LogP contribution in [0.5, 0.6) is 0 Å². The van der Waals surface area contributed by atoms with Gasteiger partial charge < -0.3 is 10.5 Å². The number of fused-ring (bicyclic) bond motifs is 2. The summed E-state index contributed by atoms with van der Waals surface area (Å²) in [6.07, 6.45) is 4.12. The first-order valence-corrected chi connectivity index (χ1v) is 6.33.